The summed E-state index contributed by atoms with van der Waals surface area (Å²) in [5, 5.41) is 3.47. The number of hydrogen-bond donors (Lipinski definition) is 1. The van der Waals surface area contributed by atoms with Gasteiger partial charge in [0.1, 0.15) is 0 Å². The predicted molar refractivity (Wildman–Crippen MR) is 126 cm³/mol. The van der Waals surface area contributed by atoms with Gasteiger partial charge in [-0.1, -0.05) is 66.7 Å². The molecule has 2 aliphatic rings. The molecule has 3 aromatic rings. The van der Waals surface area contributed by atoms with Crippen molar-refractivity contribution in [3.63, 3.8) is 0 Å². The largest absolute Gasteiger partial charge is 0.405 e. The van der Waals surface area contributed by atoms with Gasteiger partial charge in [0.25, 0.3) is 0 Å². The number of guanidine groups is 1. The third-order valence-electron chi connectivity index (χ3n) is 5.76. The van der Waals surface area contributed by atoms with Crippen LogP contribution in [0.25, 0.3) is 0 Å². The van der Waals surface area contributed by atoms with Crippen molar-refractivity contribution in [1.29, 1.82) is 0 Å². The summed E-state index contributed by atoms with van der Waals surface area (Å²) >= 11 is 0. The van der Waals surface area contributed by atoms with E-state index >= 15 is 0 Å². The highest BCUT2D eigenvalue weighted by Gasteiger charge is 2.42. The molecule has 0 aromatic heterocycles. The molecule has 2 atom stereocenters. The molecule has 0 spiro atoms. The molecule has 5 rings (SSSR count). The van der Waals surface area contributed by atoms with Gasteiger partial charge in [0.15, 0.2) is 12.0 Å². The number of cyclic esters (lactones) is 1. The van der Waals surface area contributed by atoms with Gasteiger partial charge in [-0.2, -0.15) is 0 Å². The van der Waals surface area contributed by atoms with Crippen LogP contribution in [0.1, 0.15) is 22.7 Å². The maximum atomic E-state index is 13.0. The number of carbonyl (C=O) groups is 1. The summed E-state index contributed by atoms with van der Waals surface area (Å²) in [5.74, 6) is 0.759. The first-order valence-corrected chi connectivity index (χ1v) is 10.7. The van der Waals surface area contributed by atoms with E-state index in [0.29, 0.717) is 19.0 Å². The minimum absolute atomic E-state index is 0.331. The summed E-state index contributed by atoms with van der Waals surface area (Å²) in [5.41, 5.74) is 3.91. The molecule has 32 heavy (non-hydrogen) atoms. The first-order chi connectivity index (χ1) is 15.7. The topological polar surface area (TPSA) is 66.3 Å². The van der Waals surface area contributed by atoms with Gasteiger partial charge in [0, 0.05) is 17.8 Å². The van der Waals surface area contributed by atoms with Gasteiger partial charge >= 0.3 is 5.97 Å². The molecule has 0 saturated carbocycles. The Kier molecular flexibility index (Phi) is 5.42. The van der Waals surface area contributed by atoms with Crippen molar-refractivity contribution < 1.29 is 9.53 Å². The molecule has 0 unspecified atom stereocenters. The molecule has 6 heteroatoms. The van der Waals surface area contributed by atoms with Crippen LogP contribution in [-0.2, 0) is 9.53 Å². The number of hydrogen-bond acceptors (Lipinski definition) is 6. The second-order valence-electron chi connectivity index (χ2n) is 7.86. The SMILES string of the molecule is Cc1ccccc1NC1=NCCN1[C@@H](c1ccccc1)[C@H]1N=C(c2ccccc2)OC1=O. The second kappa shape index (κ2) is 8.67. The molecule has 6 nitrogen and oxygen atoms in total. The molecule has 0 amide bonds. The fourth-order valence-corrected chi connectivity index (χ4v) is 4.13. The second-order valence-corrected chi connectivity index (χ2v) is 7.86. The van der Waals surface area contributed by atoms with Crippen molar-refractivity contribution in [2.24, 2.45) is 9.98 Å². The molecule has 0 radical (unpaired) electrons. The minimum atomic E-state index is -0.686. The van der Waals surface area contributed by atoms with E-state index in [1.807, 2.05) is 78.9 Å². The van der Waals surface area contributed by atoms with Gasteiger partial charge in [-0.05, 0) is 36.2 Å². The number of esters is 1. The van der Waals surface area contributed by atoms with E-state index in [4.69, 9.17) is 14.7 Å². The highest BCUT2D eigenvalue weighted by molar-refractivity contribution is 6.06. The van der Waals surface area contributed by atoms with E-state index in [9.17, 15) is 4.79 Å². The third kappa shape index (κ3) is 3.87. The number of aliphatic imine (C=N–C) groups is 2. The number of carbonyl (C=O) groups excluding carboxylic acids is 1. The Hall–Kier alpha value is -3.93. The third-order valence-corrected chi connectivity index (χ3v) is 5.76. The van der Waals surface area contributed by atoms with Crippen molar-refractivity contribution in [2.75, 3.05) is 18.4 Å². The molecule has 160 valence electrons. The lowest BCUT2D eigenvalue weighted by Gasteiger charge is -2.32. The first-order valence-electron chi connectivity index (χ1n) is 10.7. The van der Waals surface area contributed by atoms with E-state index in [1.165, 1.54) is 0 Å². The van der Waals surface area contributed by atoms with Crippen molar-refractivity contribution in [3.05, 3.63) is 102 Å². The van der Waals surface area contributed by atoms with E-state index < -0.39 is 6.04 Å². The zero-order valence-electron chi connectivity index (χ0n) is 17.8. The molecule has 1 N–H and O–H groups in total. The fourth-order valence-electron chi connectivity index (χ4n) is 4.13. The molecule has 2 aliphatic heterocycles. The number of nitrogens with zero attached hydrogens (tertiary/aromatic N) is 3. The summed E-state index contributed by atoms with van der Waals surface area (Å²) in [6.45, 7) is 3.39. The Morgan fingerprint density at radius 3 is 2.41 bits per heavy atom. The van der Waals surface area contributed by atoms with Crippen LogP contribution in [0.2, 0.25) is 0 Å². The number of para-hydroxylation sites is 1. The zero-order chi connectivity index (χ0) is 21.9. The summed E-state index contributed by atoms with van der Waals surface area (Å²) in [6, 6.07) is 26.6. The van der Waals surface area contributed by atoms with Crippen molar-refractivity contribution >= 4 is 23.5 Å². The normalized spacial score (nSPS) is 18.7. The molecule has 0 fully saturated rings. The van der Waals surface area contributed by atoms with Crippen LogP contribution < -0.4 is 5.32 Å². The quantitative estimate of drug-likeness (QED) is 0.624. The number of nitrogens with one attached hydrogen (secondary N) is 1. The number of anilines is 1. The van der Waals surface area contributed by atoms with Crippen LogP contribution in [0.5, 0.6) is 0 Å². The highest BCUT2D eigenvalue weighted by Crippen LogP contribution is 2.33. The van der Waals surface area contributed by atoms with E-state index in [1.54, 1.807) is 0 Å². The average Bonchev–Trinajstić information content (AvgIpc) is 3.44. The Labute approximate surface area is 187 Å². The van der Waals surface area contributed by atoms with Crippen molar-refractivity contribution in [1.82, 2.24) is 4.90 Å². The Morgan fingerprint density at radius 1 is 0.969 bits per heavy atom. The number of ether oxygens (including phenoxy) is 1. The fraction of sp³-hybridized carbons (Fsp3) is 0.192. The van der Waals surface area contributed by atoms with Crippen molar-refractivity contribution in [2.45, 2.75) is 19.0 Å². The van der Waals surface area contributed by atoms with Crippen LogP contribution in [-0.4, -0.2) is 41.9 Å². The van der Waals surface area contributed by atoms with Crippen LogP contribution in [0, 0.1) is 6.92 Å². The van der Waals surface area contributed by atoms with E-state index in [2.05, 4.69) is 23.2 Å². The Balaban J connectivity index is 1.51. The van der Waals surface area contributed by atoms with Gasteiger partial charge in [-0.3, -0.25) is 4.99 Å². The molecule has 2 heterocycles. The maximum Gasteiger partial charge on any atom is 0.340 e. The molecular weight excluding hydrogens is 400 g/mol. The summed E-state index contributed by atoms with van der Waals surface area (Å²) in [7, 11) is 0. The van der Waals surface area contributed by atoms with Gasteiger partial charge in [0.2, 0.25) is 5.90 Å². The monoisotopic (exact) mass is 424 g/mol. The smallest absolute Gasteiger partial charge is 0.340 e. The maximum absolute atomic E-state index is 13.0. The van der Waals surface area contributed by atoms with E-state index in [-0.39, 0.29) is 12.0 Å². The number of benzene rings is 3. The lowest BCUT2D eigenvalue weighted by Crippen LogP contribution is -2.43. The molecule has 3 aromatic carbocycles. The van der Waals surface area contributed by atoms with Gasteiger partial charge < -0.3 is 15.0 Å². The summed E-state index contributed by atoms with van der Waals surface area (Å²) in [4.78, 5) is 24.6. The summed E-state index contributed by atoms with van der Waals surface area (Å²) in [6.07, 6.45) is 0. The van der Waals surface area contributed by atoms with Crippen LogP contribution in [0.15, 0.2) is 94.9 Å². The van der Waals surface area contributed by atoms with Gasteiger partial charge in [-0.15, -0.1) is 0 Å². The molecule has 0 bridgehead atoms. The first kappa shape index (κ1) is 20.0. The predicted octanol–water partition coefficient (Wildman–Crippen LogP) is 4.19. The van der Waals surface area contributed by atoms with Crippen molar-refractivity contribution in [3.8, 4) is 0 Å². The number of rotatable bonds is 5. The zero-order valence-corrected chi connectivity index (χ0v) is 17.8. The van der Waals surface area contributed by atoms with Crippen LogP contribution >= 0.6 is 0 Å². The van der Waals surface area contributed by atoms with Gasteiger partial charge in [0.05, 0.1) is 12.6 Å². The molecular formula is C26H24N4O2. The standard InChI is InChI=1S/C26H24N4O2/c1-18-10-8-9-15-21(18)28-26-27-16-17-30(26)23(19-11-4-2-5-12-19)22-25(31)32-24(29-22)20-13-6-3-7-14-20/h2-15,22-23H,16-17H2,1H3,(H,27,28)/t22-,23+/m1/s1. The highest BCUT2D eigenvalue weighted by atomic mass is 16.6. The Morgan fingerprint density at radius 2 is 1.66 bits per heavy atom. The Bertz CT molecular complexity index is 1170. The minimum Gasteiger partial charge on any atom is -0.405 e. The lowest BCUT2D eigenvalue weighted by molar-refractivity contribution is -0.136. The van der Waals surface area contributed by atoms with E-state index in [0.717, 1.165) is 28.3 Å². The van der Waals surface area contributed by atoms with Gasteiger partial charge in [-0.25, -0.2) is 9.79 Å². The summed E-state index contributed by atoms with van der Waals surface area (Å²) < 4.78 is 5.62. The average molecular weight is 425 g/mol. The molecule has 0 aliphatic carbocycles. The van der Waals surface area contributed by atoms with Crippen LogP contribution in [0.4, 0.5) is 5.69 Å². The molecule has 0 saturated heterocycles. The lowest BCUT2D eigenvalue weighted by atomic mass is 9.98. The van der Waals surface area contributed by atoms with Crippen LogP contribution in [0.3, 0.4) is 0 Å². The number of aryl methyl sites for hydroxylation is 1.